The van der Waals surface area contributed by atoms with E-state index >= 15 is 0 Å². The van der Waals surface area contributed by atoms with E-state index in [4.69, 9.17) is 14.2 Å². The van der Waals surface area contributed by atoms with Gasteiger partial charge in [-0.1, -0.05) is 12.1 Å². The molecule has 0 saturated heterocycles. The molecule has 0 aliphatic carbocycles. The lowest BCUT2D eigenvalue weighted by atomic mass is 10.2. The highest BCUT2D eigenvalue weighted by atomic mass is 16.6. The second-order valence-electron chi connectivity index (χ2n) is 4.72. The fourth-order valence-corrected chi connectivity index (χ4v) is 2.05. The van der Waals surface area contributed by atoms with Gasteiger partial charge in [0.25, 0.3) is 5.56 Å². The quantitative estimate of drug-likeness (QED) is 0.862. The molecule has 0 bridgehead atoms. The van der Waals surface area contributed by atoms with Crippen LogP contribution in [0.3, 0.4) is 0 Å². The Labute approximate surface area is 125 Å². The van der Waals surface area contributed by atoms with Gasteiger partial charge in [0.15, 0.2) is 11.9 Å². The Bertz CT molecular complexity index is 796. The molecule has 2 heterocycles. The number of hydrogen-bond acceptors (Lipinski definition) is 6. The highest BCUT2D eigenvalue weighted by molar-refractivity contribution is 5.86. The Kier molecular flexibility index (Phi) is 3.78. The van der Waals surface area contributed by atoms with Crippen molar-refractivity contribution in [3.63, 3.8) is 0 Å². The van der Waals surface area contributed by atoms with Gasteiger partial charge in [0, 0.05) is 0 Å². The fraction of sp³-hybridized carbons (Fsp3) is 0.267. The molecule has 0 saturated carbocycles. The number of H-pyrrole nitrogens is 1. The molecule has 114 valence electrons. The van der Waals surface area contributed by atoms with Crippen LogP contribution < -0.4 is 5.56 Å². The van der Waals surface area contributed by atoms with Crippen molar-refractivity contribution in [1.29, 1.82) is 0 Å². The van der Waals surface area contributed by atoms with Gasteiger partial charge >= 0.3 is 5.97 Å². The first-order valence-electron chi connectivity index (χ1n) is 6.79. The van der Waals surface area contributed by atoms with Crippen molar-refractivity contribution in [2.24, 2.45) is 0 Å². The lowest BCUT2D eigenvalue weighted by Gasteiger charge is -2.17. The second kappa shape index (κ2) is 5.88. The molecular weight excluding hydrogens is 288 g/mol. The summed E-state index contributed by atoms with van der Waals surface area (Å²) in [5.41, 5.74) is 0.264. The van der Waals surface area contributed by atoms with Crippen molar-refractivity contribution in [3.05, 3.63) is 52.5 Å². The number of ether oxygens (including phenoxy) is 3. The summed E-state index contributed by atoms with van der Waals surface area (Å²) in [6.07, 6.45) is 0.492. The monoisotopic (exact) mass is 302 g/mol. The van der Waals surface area contributed by atoms with E-state index in [1.165, 1.54) is 6.26 Å². The van der Waals surface area contributed by atoms with Crippen LogP contribution in [0.2, 0.25) is 0 Å². The SMILES string of the molecule is C[C@@H](OC(=O)C1=COCCO1)c1nc2ccccc2c(=O)[nH]1. The largest absolute Gasteiger partial charge is 0.493 e. The predicted octanol–water partition coefficient (Wildman–Crippen LogP) is 1.42. The van der Waals surface area contributed by atoms with E-state index in [1.54, 1.807) is 31.2 Å². The van der Waals surface area contributed by atoms with E-state index in [9.17, 15) is 9.59 Å². The van der Waals surface area contributed by atoms with Gasteiger partial charge in [0.2, 0.25) is 5.76 Å². The zero-order valence-electron chi connectivity index (χ0n) is 11.9. The van der Waals surface area contributed by atoms with E-state index in [0.29, 0.717) is 24.1 Å². The molecule has 1 N–H and O–H groups in total. The van der Waals surface area contributed by atoms with Crippen molar-refractivity contribution in [2.45, 2.75) is 13.0 Å². The summed E-state index contributed by atoms with van der Waals surface area (Å²) in [5.74, 6) is -0.390. The molecule has 22 heavy (non-hydrogen) atoms. The van der Waals surface area contributed by atoms with E-state index < -0.39 is 12.1 Å². The highest BCUT2D eigenvalue weighted by Gasteiger charge is 2.21. The Hall–Kier alpha value is -2.83. The van der Waals surface area contributed by atoms with Gasteiger partial charge in [-0.3, -0.25) is 4.79 Å². The van der Waals surface area contributed by atoms with Crippen LogP contribution in [0.15, 0.2) is 41.1 Å². The number of benzene rings is 1. The number of rotatable bonds is 3. The van der Waals surface area contributed by atoms with E-state index in [-0.39, 0.29) is 17.1 Å². The zero-order valence-corrected chi connectivity index (χ0v) is 11.9. The first-order valence-corrected chi connectivity index (χ1v) is 6.79. The van der Waals surface area contributed by atoms with Crippen LogP contribution in [-0.2, 0) is 19.0 Å². The molecular formula is C15H14N2O5. The van der Waals surface area contributed by atoms with E-state index in [2.05, 4.69) is 9.97 Å². The van der Waals surface area contributed by atoms with Gasteiger partial charge < -0.3 is 19.2 Å². The Morgan fingerprint density at radius 3 is 2.95 bits per heavy atom. The third-order valence-corrected chi connectivity index (χ3v) is 3.15. The number of esters is 1. The lowest BCUT2D eigenvalue weighted by molar-refractivity contribution is -0.149. The van der Waals surface area contributed by atoms with Crippen molar-refractivity contribution < 1.29 is 19.0 Å². The Balaban J connectivity index is 1.83. The van der Waals surface area contributed by atoms with Gasteiger partial charge in [-0.05, 0) is 19.1 Å². The van der Waals surface area contributed by atoms with Crippen LogP contribution in [0.5, 0.6) is 0 Å². The van der Waals surface area contributed by atoms with Gasteiger partial charge in [-0.25, -0.2) is 9.78 Å². The normalized spacial score (nSPS) is 15.4. The summed E-state index contributed by atoms with van der Waals surface area (Å²) in [6, 6.07) is 6.95. The van der Waals surface area contributed by atoms with Gasteiger partial charge in [0.05, 0.1) is 10.9 Å². The lowest BCUT2D eigenvalue weighted by Crippen LogP contribution is -2.21. The summed E-state index contributed by atoms with van der Waals surface area (Å²) >= 11 is 0. The van der Waals surface area contributed by atoms with E-state index in [0.717, 1.165) is 0 Å². The van der Waals surface area contributed by atoms with Crippen molar-refractivity contribution >= 4 is 16.9 Å². The third kappa shape index (κ3) is 2.78. The summed E-state index contributed by atoms with van der Waals surface area (Å²) < 4.78 is 15.4. The average molecular weight is 302 g/mol. The summed E-state index contributed by atoms with van der Waals surface area (Å²) in [5, 5.41) is 0.483. The van der Waals surface area contributed by atoms with Crippen molar-refractivity contribution in [3.8, 4) is 0 Å². The summed E-state index contributed by atoms with van der Waals surface area (Å²) in [7, 11) is 0. The zero-order chi connectivity index (χ0) is 15.5. The van der Waals surface area contributed by atoms with Crippen molar-refractivity contribution in [2.75, 3.05) is 13.2 Å². The highest BCUT2D eigenvalue weighted by Crippen LogP contribution is 2.17. The minimum absolute atomic E-state index is 0.00114. The standard InChI is InChI=1S/C15H14N2O5/c1-9(22-15(19)12-8-20-6-7-21-12)13-16-11-5-3-2-4-10(11)14(18)17-13/h2-5,8-9H,6-7H2,1H3,(H,16,17,18)/t9-/m1/s1. The average Bonchev–Trinajstić information content (AvgIpc) is 2.55. The topological polar surface area (TPSA) is 90.5 Å². The maximum Gasteiger partial charge on any atom is 0.377 e. The number of fused-ring (bicyclic) bond motifs is 1. The number of nitrogens with one attached hydrogen (secondary N) is 1. The number of aromatic nitrogens is 2. The van der Waals surface area contributed by atoms with Crippen LogP contribution >= 0.6 is 0 Å². The molecule has 1 atom stereocenters. The molecule has 3 rings (SSSR count). The summed E-state index contributed by atoms with van der Waals surface area (Å²) in [6.45, 7) is 2.31. The molecule has 0 fully saturated rings. The Morgan fingerprint density at radius 2 is 2.18 bits per heavy atom. The fourth-order valence-electron chi connectivity index (χ4n) is 2.05. The minimum Gasteiger partial charge on any atom is -0.493 e. The number of hydrogen-bond donors (Lipinski definition) is 1. The molecule has 0 unspecified atom stereocenters. The molecule has 1 aliphatic heterocycles. The predicted molar refractivity (Wildman–Crippen MR) is 76.9 cm³/mol. The number of nitrogens with zero attached hydrogens (tertiary/aromatic N) is 1. The molecule has 1 aliphatic rings. The van der Waals surface area contributed by atoms with Crippen LogP contribution in [-0.4, -0.2) is 29.2 Å². The van der Waals surface area contributed by atoms with Crippen LogP contribution in [0.4, 0.5) is 0 Å². The van der Waals surface area contributed by atoms with Gasteiger partial charge in [0.1, 0.15) is 19.5 Å². The van der Waals surface area contributed by atoms with Crippen LogP contribution in [0.1, 0.15) is 18.9 Å². The number of carbonyl (C=O) groups is 1. The maximum atomic E-state index is 12.0. The summed E-state index contributed by atoms with van der Waals surface area (Å²) in [4.78, 5) is 30.8. The smallest absolute Gasteiger partial charge is 0.377 e. The molecule has 0 amide bonds. The molecule has 1 aromatic carbocycles. The molecule has 1 aromatic heterocycles. The van der Waals surface area contributed by atoms with Crippen molar-refractivity contribution in [1.82, 2.24) is 9.97 Å². The molecule has 0 spiro atoms. The molecule has 7 heteroatoms. The van der Waals surface area contributed by atoms with Crippen LogP contribution in [0.25, 0.3) is 10.9 Å². The van der Waals surface area contributed by atoms with E-state index in [1.807, 2.05) is 0 Å². The number of para-hydroxylation sites is 1. The Morgan fingerprint density at radius 1 is 1.36 bits per heavy atom. The maximum absolute atomic E-state index is 12.0. The van der Waals surface area contributed by atoms with Gasteiger partial charge in [-0.2, -0.15) is 0 Å². The number of aromatic amines is 1. The minimum atomic E-state index is -0.726. The van der Waals surface area contributed by atoms with Crippen LogP contribution in [0, 0.1) is 0 Å². The third-order valence-electron chi connectivity index (χ3n) is 3.15. The molecule has 0 radical (unpaired) electrons. The molecule has 2 aromatic rings. The first-order chi connectivity index (χ1) is 10.6. The molecule has 7 nitrogen and oxygen atoms in total. The van der Waals surface area contributed by atoms with Gasteiger partial charge in [-0.15, -0.1) is 0 Å². The first kappa shape index (κ1) is 14.1. The number of carbonyl (C=O) groups excluding carboxylic acids is 1. The second-order valence-corrected chi connectivity index (χ2v) is 4.72.